The second kappa shape index (κ2) is 17.2. The zero-order valence-corrected chi connectivity index (χ0v) is 31.9. The molecule has 2 N–H and O–H groups in total. The van der Waals surface area contributed by atoms with Crippen molar-refractivity contribution in [1.29, 1.82) is 0 Å². The van der Waals surface area contributed by atoms with Gasteiger partial charge in [0.25, 0.3) is 0 Å². The maximum absolute atomic E-state index is 11.7. The summed E-state index contributed by atoms with van der Waals surface area (Å²) >= 11 is 14.4. The lowest BCUT2D eigenvalue weighted by atomic mass is 9.97. The van der Waals surface area contributed by atoms with Gasteiger partial charge in [-0.15, -0.1) is 0 Å². The fourth-order valence-electron chi connectivity index (χ4n) is 7.00. The largest absolute Gasteiger partial charge is 0.475 e. The maximum atomic E-state index is 11.7. The van der Waals surface area contributed by atoms with Crippen LogP contribution in [0.15, 0.2) is 60.7 Å². The second-order valence-corrected chi connectivity index (χ2v) is 15.2. The minimum absolute atomic E-state index is 0.0479. The Morgan fingerprint density at radius 3 is 1.88 bits per heavy atom. The van der Waals surface area contributed by atoms with Crippen molar-refractivity contribution < 1.29 is 19.1 Å². The van der Waals surface area contributed by atoms with Gasteiger partial charge in [-0.3, -0.25) is 9.59 Å². The van der Waals surface area contributed by atoms with E-state index in [1.54, 1.807) is 0 Å². The minimum Gasteiger partial charge on any atom is -0.475 e. The van der Waals surface area contributed by atoms with Crippen molar-refractivity contribution in [1.82, 2.24) is 20.6 Å². The van der Waals surface area contributed by atoms with Crippen LogP contribution >= 0.6 is 23.2 Å². The van der Waals surface area contributed by atoms with E-state index in [-0.39, 0.29) is 24.2 Å². The lowest BCUT2D eigenvalue weighted by Crippen LogP contribution is -2.25. The van der Waals surface area contributed by atoms with Crippen LogP contribution in [0.4, 0.5) is 0 Å². The molecule has 52 heavy (non-hydrogen) atoms. The number of benzene rings is 2. The average molecular weight is 744 g/mol. The lowest BCUT2D eigenvalue weighted by molar-refractivity contribution is -0.119. The Morgan fingerprint density at radius 1 is 0.769 bits per heavy atom. The molecule has 1 saturated carbocycles. The highest BCUT2D eigenvalue weighted by Crippen LogP contribution is 2.42. The number of nitrogens with one attached hydrogen (secondary N) is 2. The summed E-state index contributed by atoms with van der Waals surface area (Å²) in [6.45, 7) is 9.34. The Bertz CT molecular complexity index is 1780. The number of halogens is 2. The van der Waals surface area contributed by atoms with Crippen LogP contribution in [0.5, 0.6) is 11.8 Å². The molecular weight excluding hydrogens is 695 g/mol. The van der Waals surface area contributed by atoms with E-state index >= 15 is 0 Å². The number of ether oxygens (including phenoxy) is 2. The quantitative estimate of drug-likeness (QED) is 0.125. The van der Waals surface area contributed by atoms with Crippen molar-refractivity contribution in [3.63, 3.8) is 0 Å². The number of ketones is 1. The van der Waals surface area contributed by atoms with Crippen molar-refractivity contribution in [2.24, 2.45) is 5.92 Å². The third-order valence-electron chi connectivity index (χ3n) is 9.59. The Morgan fingerprint density at radius 2 is 1.35 bits per heavy atom. The maximum Gasteiger partial charge on any atom is 0.220 e. The van der Waals surface area contributed by atoms with Gasteiger partial charge in [0, 0.05) is 65.2 Å². The van der Waals surface area contributed by atoms with Gasteiger partial charge in [0.2, 0.25) is 17.7 Å². The van der Waals surface area contributed by atoms with Crippen molar-refractivity contribution >= 4 is 34.9 Å². The molecular formula is C42H48Cl2N4O4. The summed E-state index contributed by atoms with van der Waals surface area (Å²) in [5.41, 5.74) is 6.50. The van der Waals surface area contributed by atoms with E-state index in [0.29, 0.717) is 70.7 Å². The molecule has 3 heterocycles. The number of amides is 1. The highest BCUT2D eigenvalue weighted by atomic mass is 35.5. The molecule has 4 aromatic rings. The second-order valence-electron chi connectivity index (χ2n) is 14.5. The molecule has 2 aromatic heterocycles. The molecule has 1 aliphatic heterocycles. The van der Waals surface area contributed by atoms with Crippen LogP contribution in [0.1, 0.15) is 83.8 Å². The molecule has 1 amide bonds. The number of rotatable bonds is 15. The van der Waals surface area contributed by atoms with Gasteiger partial charge >= 0.3 is 0 Å². The van der Waals surface area contributed by atoms with Gasteiger partial charge in [0.15, 0.2) is 0 Å². The van der Waals surface area contributed by atoms with Crippen molar-refractivity contribution in [2.45, 2.75) is 104 Å². The number of hydrogen-bond donors (Lipinski definition) is 2. The molecule has 2 fully saturated rings. The highest BCUT2D eigenvalue weighted by Gasteiger charge is 2.23. The van der Waals surface area contributed by atoms with E-state index in [0.717, 1.165) is 72.0 Å². The molecule has 1 saturated heterocycles. The van der Waals surface area contributed by atoms with Crippen LogP contribution in [0.25, 0.3) is 33.6 Å². The summed E-state index contributed by atoms with van der Waals surface area (Å²) in [6.07, 6.45) is 6.33. The summed E-state index contributed by atoms with van der Waals surface area (Å²) in [5.74, 6) is 2.04. The summed E-state index contributed by atoms with van der Waals surface area (Å²) in [6, 6.07) is 20.1. The number of carbonyl (C=O) groups is 2. The van der Waals surface area contributed by atoms with E-state index in [2.05, 4.69) is 16.7 Å². The van der Waals surface area contributed by atoms with Gasteiger partial charge in [-0.05, 0) is 84.4 Å². The van der Waals surface area contributed by atoms with E-state index in [1.807, 2.05) is 82.3 Å². The predicted octanol–water partition coefficient (Wildman–Crippen LogP) is 9.42. The smallest absolute Gasteiger partial charge is 0.220 e. The fraction of sp³-hybridized carbons (Fsp3) is 0.429. The first-order valence-corrected chi connectivity index (χ1v) is 19.2. The third-order valence-corrected chi connectivity index (χ3v) is 10.4. The molecule has 274 valence electrons. The Hall–Kier alpha value is -3.98. The van der Waals surface area contributed by atoms with Crippen LogP contribution in [0.3, 0.4) is 0 Å². The summed E-state index contributed by atoms with van der Waals surface area (Å²) in [4.78, 5) is 33.2. The van der Waals surface area contributed by atoms with Gasteiger partial charge in [-0.25, -0.2) is 9.97 Å². The normalized spacial score (nSPS) is 17.3. The van der Waals surface area contributed by atoms with Crippen LogP contribution in [0, 0.1) is 5.92 Å². The third kappa shape index (κ3) is 9.32. The average Bonchev–Trinajstić information content (AvgIpc) is 3.72. The zero-order valence-electron chi connectivity index (χ0n) is 30.4. The SMILES string of the molecule is CC(C)Oc1nc(-c2cccc(-c3cccc(-c4ccc(CNC[C@@H]5CCC(=O)C5)c(OC(C)C)n4)c3Cl)c2Cl)ccc1CCC[C@@H]1CCC(=O)N1. The number of carbonyl (C=O) groups excluding carboxylic acids is 2. The number of aromatic nitrogens is 2. The van der Waals surface area contributed by atoms with E-state index < -0.39 is 0 Å². The first kappa shape index (κ1) is 37.8. The van der Waals surface area contributed by atoms with Crippen LogP contribution in [0.2, 0.25) is 10.0 Å². The van der Waals surface area contributed by atoms with E-state index in [1.165, 1.54) is 0 Å². The monoisotopic (exact) mass is 742 g/mol. The first-order chi connectivity index (χ1) is 25.0. The van der Waals surface area contributed by atoms with Crippen molar-refractivity contribution in [2.75, 3.05) is 6.54 Å². The summed E-state index contributed by atoms with van der Waals surface area (Å²) in [5, 5.41) is 7.63. The molecule has 0 radical (unpaired) electrons. The first-order valence-electron chi connectivity index (χ1n) is 18.5. The number of aryl methyl sites for hydroxylation is 1. The van der Waals surface area contributed by atoms with Crippen LogP contribution in [-0.2, 0) is 22.6 Å². The summed E-state index contributed by atoms with van der Waals surface area (Å²) in [7, 11) is 0. The Labute approximate surface area is 317 Å². The molecule has 0 bridgehead atoms. The number of hydrogen-bond acceptors (Lipinski definition) is 7. The molecule has 0 unspecified atom stereocenters. The molecule has 10 heteroatoms. The standard InChI is InChI=1S/C42H48Cl2N4O4/c1-25(2)51-41-28(8-5-9-30-17-21-38(50)46-30)15-19-36(47-41)34-12-6-10-32(39(34)43)33-11-7-13-35(40(33)44)37-20-16-29(42(48-37)52-26(3)4)24-45-23-27-14-18-31(49)22-27/h6-7,10-13,15-16,19-20,25-27,30,45H,5,8-9,14,17-18,21-24H2,1-4H3,(H,46,50)/t27-,30-/m1/s1. The van der Waals surface area contributed by atoms with E-state index in [9.17, 15) is 9.59 Å². The Balaban J connectivity index is 1.24. The number of Topliss-reactive ketones (excluding diaryl/α,β-unsaturated/α-hetero) is 1. The minimum atomic E-state index is -0.0624. The van der Waals surface area contributed by atoms with E-state index in [4.69, 9.17) is 42.6 Å². The molecule has 0 spiro atoms. The molecule has 8 nitrogen and oxygen atoms in total. The van der Waals surface area contributed by atoms with Crippen molar-refractivity contribution in [3.8, 4) is 45.4 Å². The molecule has 6 rings (SSSR count). The lowest BCUT2D eigenvalue weighted by Gasteiger charge is -2.18. The van der Waals surface area contributed by atoms with Gasteiger partial charge in [0.05, 0.1) is 33.6 Å². The topological polar surface area (TPSA) is 102 Å². The van der Waals surface area contributed by atoms with Crippen molar-refractivity contribution in [3.05, 3.63) is 81.8 Å². The van der Waals surface area contributed by atoms with Crippen LogP contribution < -0.4 is 20.1 Å². The molecule has 2 aliphatic rings. The predicted molar refractivity (Wildman–Crippen MR) is 208 cm³/mol. The molecule has 2 aromatic carbocycles. The van der Waals surface area contributed by atoms with Gasteiger partial charge in [0.1, 0.15) is 5.78 Å². The number of pyridine rings is 2. The number of nitrogens with zero attached hydrogens (tertiary/aromatic N) is 2. The van der Waals surface area contributed by atoms with Gasteiger partial charge in [-0.2, -0.15) is 0 Å². The highest BCUT2D eigenvalue weighted by molar-refractivity contribution is 6.39. The fourth-order valence-corrected chi connectivity index (χ4v) is 7.65. The molecule has 1 aliphatic carbocycles. The summed E-state index contributed by atoms with van der Waals surface area (Å²) < 4.78 is 12.4. The Kier molecular flexibility index (Phi) is 12.5. The molecule has 2 atom stereocenters. The van der Waals surface area contributed by atoms with Crippen LogP contribution in [-0.4, -0.2) is 46.5 Å². The van der Waals surface area contributed by atoms with Gasteiger partial charge < -0.3 is 20.1 Å². The zero-order chi connectivity index (χ0) is 36.8. The van der Waals surface area contributed by atoms with Gasteiger partial charge in [-0.1, -0.05) is 71.7 Å².